The molecule has 0 amide bonds. The minimum absolute atomic E-state index is 0.198. The molecule has 5 rings (SSSR count). The lowest BCUT2D eigenvalue weighted by molar-refractivity contribution is 0.0566. The molecule has 7 nitrogen and oxygen atoms in total. The van der Waals surface area contributed by atoms with Crippen LogP contribution < -0.4 is 21.4 Å². The first kappa shape index (κ1) is 20.3. The first-order chi connectivity index (χ1) is 15.1. The van der Waals surface area contributed by atoms with Crippen molar-refractivity contribution in [3.63, 3.8) is 0 Å². The molecule has 1 fully saturated rings. The number of fused-ring (bicyclic) bond motifs is 1. The lowest BCUT2D eigenvalue weighted by Crippen LogP contribution is -2.61. The smallest absolute Gasteiger partial charge is 0.137 e. The Morgan fingerprint density at radius 1 is 1.06 bits per heavy atom. The topological polar surface area (TPSA) is 57.8 Å². The molecular weight excluding hydrogens is 386 g/mol. The molecule has 1 aromatic rings. The van der Waals surface area contributed by atoms with E-state index in [1.54, 1.807) is 0 Å². The maximum Gasteiger partial charge on any atom is 0.137 e. The SMILES string of the molecule is CNc1ccc(C2=C(C3=CC4=CN(C)NC4C=C3)CNC(N3CCNCC3)N2C)cc1. The average Bonchev–Trinajstić information content (AvgIpc) is 3.18. The summed E-state index contributed by atoms with van der Waals surface area (Å²) in [7, 11) is 6.24. The van der Waals surface area contributed by atoms with Crippen LogP contribution in [0.15, 0.2) is 65.4 Å². The van der Waals surface area contributed by atoms with Gasteiger partial charge in [0.2, 0.25) is 0 Å². The predicted octanol–water partition coefficient (Wildman–Crippen LogP) is 1.36. The van der Waals surface area contributed by atoms with Gasteiger partial charge in [-0.05, 0) is 40.5 Å². The molecule has 2 atom stereocenters. The number of piperazine rings is 1. The lowest BCUT2D eigenvalue weighted by atomic mass is 9.90. The minimum Gasteiger partial charge on any atom is -0.388 e. The molecule has 3 aliphatic heterocycles. The molecule has 2 unspecified atom stereocenters. The lowest BCUT2D eigenvalue weighted by Gasteiger charge is -2.46. The summed E-state index contributed by atoms with van der Waals surface area (Å²) >= 11 is 0. The summed E-state index contributed by atoms with van der Waals surface area (Å²) in [6.07, 6.45) is 9.25. The number of anilines is 1. The summed E-state index contributed by atoms with van der Waals surface area (Å²) in [6.45, 7) is 5.04. The van der Waals surface area contributed by atoms with E-state index in [2.05, 4.69) is 94.0 Å². The van der Waals surface area contributed by atoms with E-state index in [1.165, 1.54) is 28.0 Å². The Labute approximate surface area is 185 Å². The van der Waals surface area contributed by atoms with Crippen LogP contribution in [0.4, 0.5) is 5.69 Å². The second kappa shape index (κ2) is 8.51. The normalized spacial score (nSPS) is 26.7. The van der Waals surface area contributed by atoms with E-state index in [0.717, 1.165) is 38.4 Å². The first-order valence-corrected chi connectivity index (χ1v) is 11.2. The fraction of sp³-hybridized carbons (Fsp3) is 0.417. The van der Waals surface area contributed by atoms with Gasteiger partial charge in [-0.2, -0.15) is 0 Å². The molecule has 0 radical (unpaired) electrons. The van der Waals surface area contributed by atoms with Crippen LogP contribution in [0.3, 0.4) is 0 Å². The standard InChI is InChI=1S/C24H33N7/c1-25-20-7-4-17(5-8-20)23-21(18-6-9-22-19(14-18)16-29(2)28-22)15-27-24(30(23)3)31-12-10-26-11-13-31/h4-9,14,16,22,24-28H,10-13,15H2,1-3H3. The van der Waals surface area contributed by atoms with E-state index < -0.39 is 0 Å². The Kier molecular flexibility index (Phi) is 5.58. The zero-order valence-corrected chi connectivity index (χ0v) is 18.7. The summed E-state index contributed by atoms with van der Waals surface area (Å²) in [5.74, 6) is 0. The molecule has 0 saturated carbocycles. The molecule has 31 heavy (non-hydrogen) atoms. The molecule has 4 N–H and O–H groups in total. The Hall–Kier alpha value is -2.58. The molecule has 1 aliphatic carbocycles. The number of benzene rings is 1. The number of hydrogen-bond donors (Lipinski definition) is 4. The molecule has 0 spiro atoms. The van der Waals surface area contributed by atoms with Gasteiger partial charge in [-0.25, -0.2) is 5.43 Å². The van der Waals surface area contributed by atoms with Crippen LogP contribution in [0.2, 0.25) is 0 Å². The fourth-order valence-corrected chi connectivity index (χ4v) is 4.99. The van der Waals surface area contributed by atoms with Crippen molar-refractivity contribution in [2.75, 3.05) is 59.2 Å². The summed E-state index contributed by atoms with van der Waals surface area (Å²) in [5, 5.41) is 12.6. The van der Waals surface area contributed by atoms with E-state index >= 15 is 0 Å². The van der Waals surface area contributed by atoms with Crippen LogP contribution >= 0.6 is 0 Å². The fourth-order valence-electron chi connectivity index (χ4n) is 4.99. The zero-order chi connectivity index (χ0) is 21.4. The van der Waals surface area contributed by atoms with Crippen LogP contribution in [-0.4, -0.2) is 81.0 Å². The number of hydrazine groups is 1. The third-order valence-electron chi connectivity index (χ3n) is 6.59. The van der Waals surface area contributed by atoms with Crippen molar-refractivity contribution in [2.45, 2.75) is 12.3 Å². The average molecular weight is 420 g/mol. The number of nitrogens with zero attached hydrogens (tertiary/aromatic N) is 3. The van der Waals surface area contributed by atoms with Gasteiger partial charge in [-0.1, -0.05) is 24.3 Å². The van der Waals surface area contributed by atoms with Gasteiger partial charge in [0.05, 0.1) is 11.7 Å². The summed E-state index contributed by atoms with van der Waals surface area (Å²) in [5.41, 5.74) is 11.1. The van der Waals surface area contributed by atoms with Gasteiger partial charge in [0, 0.05) is 65.8 Å². The van der Waals surface area contributed by atoms with Gasteiger partial charge in [0.15, 0.2) is 0 Å². The number of rotatable bonds is 4. The van der Waals surface area contributed by atoms with Crippen molar-refractivity contribution in [3.8, 4) is 0 Å². The molecule has 164 valence electrons. The Morgan fingerprint density at radius 2 is 1.84 bits per heavy atom. The molecule has 7 heteroatoms. The van der Waals surface area contributed by atoms with Crippen LogP contribution in [0.1, 0.15) is 5.56 Å². The minimum atomic E-state index is 0.198. The monoisotopic (exact) mass is 419 g/mol. The van der Waals surface area contributed by atoms with Gasteiger partial charge >= 0.3 is 0 Å². The largest absolute Gasteiger partial charge is 0.388 e. The van der Waals surface area contributed by atoms with E-state index in [4.69, 9.17) is 0 Å². The van der Waals surface area contributed by atoms with Crippen molar-refractivity contribution in [2.24, 2.45) is 0 Å². The van der Waals surface area contributed by atoms with E-state index in [-0.39, 0.29) is 12.3 Å². The van der Waals surface area contributed by atoms with Gasteiger partial charge in [0.1, 0.15) is 6.29 Å². The molecule has 1 saturated heterocycles. The molecule has 0 bridgehead atoms. The van der Waals surface area contributed by atoms with Gasteiger partial charge < -0.3 is 20.5 Å². The van der Waals surface area contributed by atoms with Crippen LogP contribution in [-0.2, 0) is 0 Å². The second-order valence-corrected chi connectivity index (χ2v) is 8.61. The molecule has 4 aliphatic rings. The van der Waals surface area contributed by atoms with Gasteiger partial charge in [0.25, 0.3) is 0 Å². The maximum absolute atomic E-state index is 3.81. The van der Waals surface area contributed by atoms with Crippen molar-refractivity contribution < 1.29 is 0 Å². The molecule has 1 aromatic carbocycles. The highest BCUT2D eigenvalue weighted by Crippen LogP contribution is 2.35. The van der Waals surface area contributed by atoms with Crippen molar-refractivity contribution in [1.82, 2.24) is 30.9 Å². The molecule has 0 aromatic heterocycles. The van der Waals surface area contributed by atoms with Crippen molar-refractivity contribution in [3.05, 3.63) is 71.0 Å². The number of nitrogens with one attached hydrogen (secondary N) is 4. The van der Waals surface area contributed by atoms with Crippen LogP contribution in [0.25, 0.3) is 5.70 Å². The third-order valence-corrected chi connectivity index (χ3v) is 6.59. The predicted molar refractivity (Wildman–Crippen MR) is 127 cm³/mol. The molecule has 3 heterocycles. The summed E-state index contributed by atoms with van der Waals surface area (Å²) in [4.78, 5) is 4.96. The van der Waals surface area contributed by atoms with E-state index in [1.807, 2.05) is 12.1 Å². The quantitative estimate of drug-likeness (QED) is 0.588. The van der Waals surface area contributed by atoms with Crippen LogP contribution in [0, 0.1) is 0 Å². The van der Waals surface area contributed by atoms with Gasteiger partial charge in [-0.15, -0.1) is 0 Å². The van der Waals surface area contributed by atoms with E-state index in [9.17, 15) is 0 Å². The maximum atomic E-state index is 3.81. The molecular formula is C24H33N7. The van der Waals surface area contributed by atoms with Crippen molar-refractivity contribution >= 4 is 11.4 Å². The Balaban J connectivity index is 1.55. The second-order valence-electron chi connectivity index (χ2n) is 8.61. The van der Waals surface area contributed by atoms with E-state index in [0.29, 0.717) is 0 Å². The summed E-state index contributed by atoms with van der Waals surface area (Å²) < 4.78 is 0. The Morgan fingerprint density at radius 3 is 2.58 bits per heavy atom. The summed E-state index contributed by atoms with van der Waals surface area (Å²) in [6, 6.07) is 9.07. The van der Waals surface area contributed by atoms with Crippen molar-refractivity contribution in [1.29, 1.82) is 0 Å². The number of hydrogen-bond acceptors (Lipinski definition) is 7. The zero-order valence-electron chi connectivity index (χ0n) is 18.7. The van der Waals surface area contributed by atoms with Gasteiger partial charge in [-0.3, -0.25) is 10.2 Å². The highest BCUT2D eigenvalue weighted by atomic mass is 15.5. The highest BCUT2D eigenvalue weighted by Gasteiger charge is 2.33. The highest BCUT2D eigenvalue weighted by molar-refractivity contribution is 5.75. The first-order valence-electron chi connectivity index (χ1n) is 11.2. The Bertz CT molecular complexity index is 937. The third kappa shape index (κ3) is 3.90. The number of allylic oxidation sites excluding steroid dienone is 1. The van der Waals surface area contributed by atoms with Crippen LogP contribution in [0.5, 0.6) is 0 Å².